The SMILES string of the molecule is CC(N)CCCC(C(F)(F)F)C(F)(F)F. The van der Waals surface area contributed by atoms with Gasteiger partial charge in [-0.15, -0.1) is 0 Å². The number of rotatable bonds is 4. The maximum Gasteiger partial charge on any atom is 0.400 e. The van der Waals surface area contributed by atoms with E-state index in [9.17, 15) is 26.3 Å². The quantitative estimate of drug-likeness (QED) is 0.746. The highest BCUT2D eigenvalue weighted by atomic mass is 19.4. The Hall–Kier alpha value is -0.460. The molecule has 0 aromatic heterocycles. The summed E-state index contributed by atoms with van der Waals surface area (Å²) in [5.41, 5.74) is 5.23. The van der Waals surface area contributed by atoms with Crippen LogP contribution in [0, 0.1) is 5.92 Å². The molecule has 2 N–H and O–H groups in total. The fraction of sp³-hybridized carbons (Fsp3) is 1.00. The van der Waals surface area contributed by atoms with E-state index >= 15 is 0 Å². The van der Waals surface area contributed by atoms with Crippen molar-refractivity contribution in [3.63, 3.8) is 0 Å². The van der Waals surface area contributed by atoms with E-state index in [2.05, 4.69) is 0 Å². The second-order valence-electron chi connectivity index (χ2n) is 3.54. The summed E-state index contributed by atoms with van der Waals surface area (Å²) in [5, 5.41) is 0. The second-order valence-corrected chi connectivity index (χ2v) is 3.54. The van der Waals surface area contributed by atoms with Gasteiger partial charge in [0.25, 0.3) is 0 Å². The number of alkyl halides is 6. The second kappa shape index (κ2) is 5.05. The van der Waals surface area contributed by atoms with Crippen LogP contribution in [0.25, 0.3) is 0 Å². The molecule has 0 aliphatic heterocycles. The van der Waals surface area contributed by atoms with Crippen LogP contribution in [0.1, 0.15) is 26.2 Å². The van der Waals surface area contributed by atoms with Gasteiger partial charge in [-0.25, -0.2) is 0 Å². The van der Waals surface area contributed by atoms with Crippen LogP contribution in [0.5, 0.6) is 0 Å². The summed E-state index contributed by atoms with van der Waals surface area (Å²) in [7, 11) is 0. The molecule has 0 aliphatic rings. The minimum atomic E-state index is -5.23. The van der Waals surface area contributed by atoms with E-state index in [-0.39, 0.29) is 18.9 Å². The molecule has 92 valence electrons. The normalized spacial score (nSPS) is 15.8. The van der Waals surface area contributed by atoms with Crippen molar-refractivity contribution >= 4 is 0 Å². The van der Waals surface area contributed by atoms with Gasteiger partial charge in [-0.05, 0) is 19.8 Å². The Morgan fingerprint density at radius 2 is 1.33 bits per heavy atom. The average Bonchev–Trinajstić information content (AvgIpc) is 1.92. The molecule has 15 heavy (non-hydrogen) atoms. The lowest BCUT2D eigenvalue weighted by Crippen LogP contribution is -2.36. The van der Waals surface area contributed by atoms with Crippen molar-refractivity contribution in [1.29, 1.82) is 0 Å². The first-order valence-electron chi connectivity index (χ1n) is 4.44. The van der Waals surface area contributed by atoms with Crippen LogP contribution in [0.3, 0.4) is 0 Å². The largest absolute Gasteiger partial charge is 0.400 e. The zero-order valence-electron chi connectivity index (χ0n) is 8.12. The molecule has 0 saturated carbocycles. The summed E-state index contributed by atoms with van der Waals surface area (Å²) in [6, 6.07) is -0.382. The molecule has 0 bridgehead atoms. The first-order valence-corrected chi connectivity index (χ1v) is 4.44. The Labute approximate surface area is 83.6 Å². The lowest BCUT2D eigenvalue weighted by Gasteiger charge is -2.23. The van der Waals surface area contributed by atoms with E-state index < -0.39 is 24.7 Å². The molecular formula is C8H13F6N. The molecule has 0 spiro atoms. The number of nitrogens with two attached hydrogens (primary N) is 1. The molecule has 1 atom stereocenters. The maximum atomic E-state index is 12.0. The fourth-order valence-corrected chi connectivity index (χ4v) is 1.16. The predicted octanol–water partition coefficient (Wildman–Crippen LogP) is 3.24. The predicted molar refractivity (Wildman–Crippen MR) is 43.1 cm³/mol. The van der Waals surface area contributed by atoms with Crippen LogP contribution in [-0.4, -0.2) is 18.4 Å². The van der Waals surface area contributed by atoms with E-state index in [0.29, 0.717) is 0 Å². The summed E-state index contributed by atoms with van der Waals surface area (Å²) < 4.78 is 71.9. The van der Waals surface area contributed by atoms with Crippen molar-refractivity contribution in [1.82, 2.24) is 0 Å². The molecule has 0 aromatic rings. The minimum Gasteiger partial charge on any atom is -0.328 e. The Morgan fingerprint density at radius 1 is 0.933 bits per heavy atom. The molecular weight excluding hydrogens is 224 g/mol. The third kappa shape index (κ3) is 5.86. The van der Waals surface area contributed by atoms with Gasteiger partial charge in [0.15, 0.2) is 5.92 Å². The molecule has 0 saturated heterocycles. The Bertz CT molecular complexity index is 169. The minimum absolute atomic E-state index is 0.155. The van der Waals surface area contributed by atoms with Gasteiger partial charge in [0.05, 0.1) is 0 Å². The van der Waals surface area contributed by atoms with E-state index in [1.165, 1.54) is 6.92 Å². The van der Waals surface area contributed by atoms with Gasteiger partial charge in [-0.1, -0.05) is 6.42 Å². The van der Waals surface area contributed by atoms with Crippen molar-refractivity contribution in [2.45, 2.75) is 44.6 Å². The van der Waals surface area contributed by atoms with Crippen LogP contribution in [0.2, 0.25) is 0 Å². The summed E-state index contributed by atoms with van der Waals surface area (Å²) in [6.07, 6.45) is -11.4. The Morgan fingerprint density at radius 3 is 1.60 bits per heavy atom. The van der Waals surface area contributed by atoms with Crippen LogP contribution in [0.15, 0.2) is 0 Å². The lowest BCUT2D eigenvalue weighted by atomic mass is 9.99. The maximum absolute atomic E-state index is 12.0. The van der Waals surface area contributed by atoms with Gasteiger partial charge in [-0.2, -0.15) is 26.3 Å². The molecule has 0 rings (SSSR count). The third-order valence-electron chi connectivity index (χ3n) is 1.94. The number of halogens is 6. The smallest absolute Gasteiger partial charge is 0.328 e. The summed E-state index contributed by atoms with van der Waals surface area (Å²) in [4.78, 5) is 0. The van der Waals surface area contributed by atoms with E-state index in [1.54, 1.807) is 0 Å². The third-order valence-corrected chi connectivity index (χ3v) is 1.94. The van der Waals surface area contributed by atoms with Gasteiger partial charge in [0.2, 0.25) is 0 Å². The highest BCUT2D eigenvalue weighted by Crippen LogP contribution is 2.42. The van der Waals surface area contributed by atoms with Crippen molar-refractivity contribution in [2.75, 3.05) is 0 Å². The topological polar surface area (TPSA) is 26.0 Å². The molecule has 0 fully saturated rings. The van der Waals surface area contributed by atoms with Gasteiger partial charge < -0.3 is 5.73 Å². The first-order chi connectivity index (χ1) is 6.55. The highest BCUT2D eigenvalue weighted by molar-refractivity contribution is 4.75. The summed E-state index contributed by atoms with van der Waals surface area (Å²) in [5.74, 6) is -3.23. The molecule has 7 heteroatoms. The van der Waals surface area contributed by atoms with Crippen LogP contribution in [-0.2, 0) is 0 Å². The van der Waals surface area contributed by atoms with E-state index in [0.717, 1.165) is 0 Å². The fourth-order valence-electron chi connectivity index (χ4n) is 1.16. The van der Waals surface area contributed by atoms with Gasteiger partial charge in [-0.3, -0.25) is 0 Å². The van der Waals surface area contributed by atoms with Crippen molar-refractivity contribution in [3.05, 3.63) is 0 Å². The molecule has 0 aromatic carbocycles. The zero-order valence-corrected chi connectivity index (χ0v) is 8.12. The summed E-state index contributed by atoms with van der Waals surface area (Å²) >= 11 is 0. The van der Waals surface area contributed by atoms with Crippen molar-refractivity contribution in [2.24, 2.45) is 11.7 Å². The first kappa shape index (κ1) is 14.5. The van der Waals surface area contributed by atoms with Crippen LogP contribution >= 0.6 is 0 Å². The molecule has 0 amide bonds. The molecule has 0 aliphatic carbocycles. The molecule has 1 nitrogen and oxygen atoms in total. The molecule has 1 unspecified atom stereocenters. The lowest BCUT2D eigenvalue weighted by molar-refractivity contribution is -0.285. The monoisotopic (exact) mass is 237 g/mol. The number of hydrogen-bond donors (Lipinski definition) is 1. The molecule has 0 heterocycles. The van der Waals surface area contributed by atoms with Gasteiger partial charge in [0.1, 0.15) is 0 Å². The average molecular weight is 237 g/mol. The highest BCUT2D eigenvalue weighted by Gasteiger charge is 2.55. The van der Waals surface area contributed by atoms with Crippen molar-refractivity contribution < 1.29 is 26.3 Å². The number of hydrogen-bond acceptors (Lipinski definition) is 1. The zero-order chi connectivity index (χ0) is 12.3. The van der Waals surface area contributed by atoms with Crippen molar-refractivity contribution in [3.8, 4) is 0 Å². The molecule has 0 radical (unpaired) electrons. The standard InChI is InChI=1S/C8H13F6N/c1-5(15)3-2-4-6(7(9,10)11)8(12,13)14/h5-6H,2-4,15H2,1H3. The van der Waals surface area contributed by atoms with E-state index in [4.69, 9.17) is 5.73 Å². The van der Waals surface area contributed by atoms with E-state index in [1.807, 2.05) is 0 Å². The Balaban J connectivity index is 4.29. The summed E-state index contributed by atoms with van der Waals surface area (Å²) in [6.45, 7) is 1.54. The van der Waals surface area contributed by atoms with Gasteiger partial charge in [0, 0.05) is 6.04 Å². The van der Waals surface area contributed by atoms with Gasteiger partial charge >= 0.3 is 12.4 Å². The Kier molecular flexibility index (Phi) is 4.89. The van der Waals surface area contributed by atoms with Crippen LogP contribution in [0.4, 0.5) is 26.3 Å². The van der Waals surface area contributed by atoms with Crippen LogP contribution < -0.4 is 5.73 Å².